The van der Waals surface area contributed by atoms with Crippen molar-refractivity contribution in [3.8, 4) is 0 Å². The third-order valence-corrected chi connectivity index (χ3v) is 1.98. The summed E-state index contributed by atoms with van der Waals surface area (Å²) in [5, 5.41) is 0. The van der Waals surface area contributed by atoms with Gasteiger partial charge in [-0.3, -0.25) is 4.79 Å². The second-order valence-electron chi connectivity index (χ2n) is 3.26. The second-order valence-corrected chi connectivity index (χ2v) is 3.26. The van der Waals surface area contributed by atoms with Crippen LogP contribution in [0.15, 0.2) is 18.2 Å². The maximum absolute atomic E-state index is 11.5. The van der Waals surface area contributed by atoms with Gasteiger partial charge in [-0.05, 0) is 13.3 Å². The number of carbonyl (C=O) groups is 1. The minimum absolute atomic E-state index is 0.139. The fourth-order valence-electron chi connectivity index (χ4n) is 1.30. The molecule has 2 radical (unpaired) electrons. The first-order valence-electron chi connectivity index (χ1n) is 4.54. The van der Waals surface area contributed by atoms with Crippen LogP contribution in [0.5, 0.6) is 0 Å². The Labute approximate surface area is 80.6 Å². The van der Waals surface area contributed by atoms with Gasteiger partial charge in [0.25, 0.3) is 0 Å². The van der Waals surface area contributed by atoms with E-state index in [0.29, 0.717) is 17.4 Å². The van der Waals surface area contributed by atoms with Gasteiger partial charge in [-0.1, -0.05) is 36.1 Å². The van der Waals surface area contributed by atoms with Crippen molar-refractivity contribution in [2.45, 2.75) is 26.7 Å². The van der Waals surface area contributed by atoms with Crippen LogP contribution in [0.3, 0.4) is 0 Å². The molecule has 1 rings (SSSR count). The van der Waals surface area contributed by atoms with E-state index in [1.54, 1.807) is 0 Å². The largest absolute Gasteiger partial charge is 0.294 e. The fourth-order valence-corrected chi connectivity index (χ4v) is 1.30. The summed E-state index contributed by atoms with van der Waals surface area (Å²) in [5.41, 5.74) is 2.34. The summed E-state index contributed by atoms with van der Waals surface area (Å²) in [6.07, 6.45) is 1.44. The quantitative estimate of drug-likeness (QED) is 0.501. The highest BCUT2D eigenvalue weighted by atomic mass is 16.1. The minimum Gasteiger partial charge on any atom is -0.294 e. The summed E-state index contributed by atoms with van der Waals surface area (Å²) in [7, 11) is 5.73. The van der Waals surface area contributed by atoms with E-state index in [4.69, 9.17) is 7.85 Å². The van der Waals surface area contributed by atoms with E-state index in [1.807, 2.05) is 32.0 Å². The smallest absolute Gasteiger partial charge is 0.162 e. The van der Waals surface area contributed by atoms with Crippen LogP contribution in [0.1, 0.15) is 35.7 Å². The highest BCUT2D eigenvalue weighted by Crippen LogP contribution is 2.04. The van der Waals surface area contributed by atoms with Gasteiger partial charge in [0.2, 0.25) is 0 Å². The number of carbonyl (C=O) groups excluding carboxylic acids is 1. The summed E-state index contributed by atoms with van der Waals surface area (Å²) in [4.78, 5) is 11.5. The van der Waals surface area contributed by atoms with Crippen LogP contribution >= 0.6 is 0 Å². The predicted molar refractivity (Wildman–Crippen MR) is 55.8 cm³/mol. The van der Waals surface area contributed by atoms with Gasteiger partial charge in [0.05, 0.1) is 0 Å². The number of aryl methyl sites for hydroxylation is 1. The minimum atomic E-state index is 0.139. The molecule has 0 aliphatic rings. The molecule has 0 N–H and O–H groups in total. The average molecular weight is 172 g/mol. The van der Waals surface area contributed by atoms with Gasteiger partial charge in [-0.15, -0.1) is 0 Å². The van der Waals surface area contributed by atoms with Gasteiger partial charge in [0.15, 0.2) is 5.78 Å². The molecule has 0 amide bonds. The van der Waals surface area contributed by atoms with E-state index in [0.717, 1.165) is 12.0 Å². The third kappa shape index (κ3) is 2.45. The Morgan fingerprint density at radius 2 is 2.15 bits per heavy atom. The monoisotopic (exact) mass is 172 g/mol. The normalized spacial score (nSPS) is 10.0. The van der Waals surface area contributed by atoms with Crippen LogP contribution < -0.4 is 5.46 Å². The molecule has 1 aromatic carbocycles. The van der Waals surface area contributed by atoms with Crippen molar-refractivity contribution in [3.63, 3.8) is 0 Å². The molecule has 0 aliphatic carbocycles. The van der Waals surface area contributed by atoms with E-state index in [1.165, 1.54) is 0 Å². The lowest BCUT2D eigenvalue weighted by Gasteiger charge is -2.04. The first kappa shape index (κ1) is 10.0. The van der Waals surface area contributed by atoms with Crippen LogP contribution in [0, 0.1) is 6.92 Å². The Kier molecular flexibility index (Phi) is 3.29. The standard InChI is InChI=1S/C11H13BO/c1-3-4-11(13)9-6-5-8(2)7-10(9)12/h5-7H,3-4H2,1-2H3. The molecular weight excluding hydrogens is 159 g/mol. The van der Waals surface area contributed by atoms with E-state index in [2.05, 4.69) is 0 Å². The second kappa shape index (κ2) is 4.26. The van der Waals surface area contributed by atoms with Crippen LogP contribution in [0.2, 0.25) is 0 Å². The van der Waals surface area contributed by atoms with Crippen molar-refractivity contribution in [1.29, 1.82) is 0 Å². The molecule has 0 aromatic heterocycles. The Hall–Kier alpha value is -1.05. The number of rotatable bonds is 3. The Morgan fingerprint density at radius 1 is 1.46 bits per heavy atom. The van der Waals surface area contributed by atoms with Gasteiger partial charge in [-0.25, -0.2) is 0 Å². The molecule has 0 saturated heterocycles. The zero-order valence-corrected chi connectivity index (χ0v) is 8.13. The van der Waals surface area contributed by atoms with Crippen molar-refractivity contribution in [1.82, 2.24) is 0 Å². The first-order chi connectivity index (χ1) is 6.15. The maximum Gasteiger partial charge on any atom is 0.162 e. The van der Waals surface area contributed by atoms with Crippen molar-refractivity contribution < 1.29 is 4.79 Å². The predicted octanol–water partition coefficient (Wildman–Crippen LogP) is 1.77. The number of ketones is 1. The molecule has 66 valence electrons. The lowest BCUT2D eigenvalue weighted by molar-refractivity contribution is 0.0983. The number of benzene rings is 1. The Morgan fingerprint density at radius 3 is 2.69 bits per heavy atom. The van der Waals surface area contributed by atoms with Crippen LogP contribution in [0.4, 0.5) is 0 Å². The van der Waals surface area contributed by atoms with Crippen LogP contribution in [-0.4, -0.2) is 13.6 Å². The molecule has 1 nitrogen and oxygen atoms in total. The van der Waals surface area contributed by atoms with Crippen LogP contribution in [-0.2, 0) is 0 Å². The van der Waals surface area contributed by atoms with Crippen molar-refractivity contribution in [2.24, 2.45) is 0 Å². The topological polar surface area (TPSA) is 17.1 Å². The Bertz CT molecular complexity index is 318. The summed E-state index contributed by atoms with van der Waals surface area (Å²) >= 11 is 0. The zero-order chi connectivity index (χ0) is 9.84. The molecule has 2 heteroatoms. The lowest BCUT2D eigenvalue weighted by Crippen LogP contribution is -2.15. The number of hydrogen-bond acceptors (Lipinski definition) is 1. The van der Waals surface area contributed by atoms with E-state index >= 15 is 0 Å². The molecule has 0 spiro atoms. The number of hydrogen-bond donors (Lipinski definition) is 0. The van der Waals surface area contributed by atoms with Gasteiger partial charge in [0, 0.05) is 12.0 Å². The van der Waals surface area contributed by atoms with E-state index in [9.17, 15) is 4.79 Å². The average Bonchev–Trinajstić information content (AvgIpc) is 2.04. The molecule has 13 heavy (non-hydrogen) atoms. The van der Waals surface area contributed by atoms with Gasteiger partial charge < -0.3 is 0 Å². The SMILES string of the molecule is [B]c1cc(C)ccc1C(=O)CCC. The first-order valence-corrected chi connectivity index (χ1v) is 4.54. The molecule has 0 heterocycles. The molecule has 0 bridgehead atoms. The van der Waals surface area contributed by atoms with E-state index in [-0.39, 0.29) is 5.78 Å². The van der Waals surface area contributed by atoms with E-state index < -0.39 is 0 Å². The van der Waals surface area contributed by atoms with Crippen molar-refractivity contribution in [3.05, 3.63) is 29.3 Å². The molecular formula is C11H13BO. The third-order valence-electron chi connectivity index (χ3n) is 1.98. The summed E-state index contributed by atoms with van der Waals surface area (Å²) in [5.74, 6) is 0.139. The highest BCUT2D eigenvalue weighted by molar-refractivity contribution is 6.36. The summed E-state index contributed by atoms with van der Waals surface area (Å²) in [6.45, 7) is 3.95. The lowest BCUT2D eigenvalue weighted by atomic mass is 9.86. The molecule has 0 unspecified atom stereocenters. The summed E-state index contributed by atoms with van der Waals surface area (Å²) in [6, 6.07) is 5.56. The molecule has 0 atom stereocenters. The molecule has 0 aliphatic heterocycles. The van der Waals surface area contributed by atoms with Crippen molar-refractivity contribution >= 4 is 19.1 Å². The van der Waals surface area contributed by atoms with Crippen LogP contribution in [0.25, 0.3) is 0 Å². The highest BCUT2D eigenvalue weighted by Gasteiger charge is 2.06. The van der Waals surface area contributed by atoms with Gasteiger partial charge in [-0.2, -0.15) is 0 Å². The summed E-state index contributed by atoms with van der Waals surface area (Å²) < 4.78 is 0. The Balaban J connectivity index is 2.95. The molecule has 0 saturated carbocycles. The van der Waals surface area contributed by atoms with Gasteiger partial charge in [0.1, 0.15) is 7.85 Å². The van der Waals surface area contributed by atoms with Gasteiger partial charge >= 0.3 is 0 Å². The number of Topliss-reactive ketones (excluding diaryl/α,β-unsaturated/α-hetero) is 1. The molecule has 0 fully saturated rings. The molecule has 1 aromatic rings. The van der Waals surface area contributed by atoms with Crippen molar-refractivity contribution in [2.75, 3.05) is 0 Å². The fraction of sp³-hybridized carbons (Fsp3) is 0.364. The maximum atomic E-state index is 11.5. The zero-order valence-electron chi connectivity index (χ0n) is 8.13.